The summed E-state index contributed by atoms with van der Waals surface area (Å²) in [6, 6.07) is 11.7. The number of carbonyl (C=O) groups is 2. The molecule has 1 saturated carbocycles. The fourth-order valence-electron chi connectivity index (χ4n) is 8.28. The monoisotopic (exact) mass is 740 g/mol. The van der Waals surface area contributed by atoms with Crippen LogP contribution in [0.25, 0.3) is 33.8 Å². The van der Waals surface area contributed by atoms with E-state index < -0.39 is 21.2 Å². The van der Waals surface area contributed by atoms with E-state index in [1.807, 2.05) is 34.7 Å². The Kier molecular flexibility index (Phi) is 10.1. The third-order valence-electron chi connectivity index (χ3n) is 11.3. The predicted molar refractivity (Wildman–Crippen MR) is 210 cm³/mol. The Labute approximate surface area is 313 Å². The maximum Gasteiger partial charge on any atom is 0.264 e. The molecule has 2 aliphatic heterocycles. The highest BCUT2D eigenvalue weighted by Crippen LogP contribution is 2.48. The number of aryl methyl sites for hydroxylation is 1. The number of fused-ring (bicyclic) bond motifs is 5. The van der Waals surface area contributed by atoms with Crippen molar-refractivity contribution in [2.45, 2.75) is 90.5 Å². The number of allylic oxidation sites excluding steroid dienone is 1. The average Bonchev–Trinajstić information content (AvgIpc) is 3.59. The fourth-order valence-corrected chi connectivity index (χ4v) is 8.90. The first-order chi connectivity index (χ1) is 25.3. The molecule has 53 heavy (non-hydrogen) atoms. The van der Waals surface area contributed by atoms with Crippen LogP contribution in [-0.4, -0.2) is 90.0 Å². The Morgan fingerprint density at radius 1 is 0.943 bits per heavy atom. The lowest BCUT2D eigenvalue weighted by atomic mass is 9.81. The van der Waals surface area contributed by atoms with Gasteiger partial charge in [0, 0.05) is 54.3 Å². The number of rotatable bonds is 8. The van der Waals surface area contributed by atoms with Crippen molar-refractivity contribution < 1.29 is 22.7 Å². The predicted octanol–water partition coefficient (Wildman–Crippen LogP) is 6.86. The highest BCUT2D eigenvalue weighted by molar-refractivity contribution is 7.90. The van der Waals surface area contributed by atoms with E-state index in [9.17, 15) is 18.0 Å². The summed E-state index contributed by atoms with van der Waals surface area (Å²) in [6.07, 6.45) is 7.82. The fraction of sp³-hybridized carbons (Fsp3) is 0.488. The van der Waals surface area contributed by atoms with Gasteiger partial charge in [-0.15, -0.1) is 0 Å². The molecule has 11 nitrogen and oxygen atoms in total. The van der Waals surface area contributed by atoms with Gasteiger partial charge in [0.1, 0.15) is 5.75 Å². The average molecular weight is 741 g/mol. The first-order valence-electron chi connectivity index (χ1n) is 19.0. The minimum Gasteiger partial charge on any atom is -0.497 e. The van der Waals surface area contributed by atoms with Crippen molar-refractivity contribution in [1.82, 2.24) is 28.9 Å². The van der Waals surface area contributed by atoms with Gasteiger partial charge in [0.05, 0.1) is 41.5 Å². The van der Waals surface area contributed by atoms with E-state index in [0.29, 0.717) is 36.8 Å². The summed E-state index contributed by atoms with van der Waals surface area (Å²) >= 11 is 0. The van der Waals surface area contributed by atoms with Crippen LogP contribution >= 0.6 is 0 Å². The zero-order chi connectivity index (χ0) is 37.8. The SMILES string of the molecule is COc1ccc2c(c1)C=C(c1c(C(=O)N3CCN(C)CC3)c(C)nn1C(C)C)Cn1c-2c(C2CCCCC2)c2ccc(C(=O)NS(=O)(=O)C(C)C)cc21. The van der Waals surface area contributed by atoms with Crippen LogP contribution in [0.15, 0.2) is 36.4 Å². The highest BCUT2D eigenvalue weighted by atomic mass is 32.2. The topological polar surface area (TPSA) is 119 Å². The van der Waals surface area contributed by atoms with E-state index in [-0.39, 0.29) is 17.5 Å². The Balaban J connectivity index is 1.48. The first-order valence-corrected chi connectivity index (χ1v) is 20.5. The van der Waals surface area contributed by atoms with E-state index in [2.05, 4.69) is 53.3 Å². The van der Waals surface area contributed by atoms with Crippen molar-refractivity contribution in [3.63, 3.8) is 0 Å². The molecule has 0 unspecified atom stereocenters. The van der Waals surface area contributed by atoms with Crippen molar-refractivity contribution in [3.8, 4) is 17.0 Å². The number of hydrogen-bond donors (Lipinski definition) is 1. The normalized spacial score (nSPS) is 17.2. The zero-order valence-corrected chi connectivity index (χ0v) is 32.8. The van der Waals surface area contributed by atoms with Crippen molar-refractivity contribution in [2.75, 3.05) is 40.3 Å². The standard InChI is InChI=1S/C41H52N6O5S/c1-25(2)47-38(36(27(5)42-47)41(49)45-19-17-44(6)18-20-45)31-21-30-22-32(52-7)14-16-33(30)39-37(28-11-9-8-10-12-28)34-15-13-29(23-35(34)46(39)24-31)40(48)43-53(50,51)26(3)4/h13-16,21-23,25-26,28H,8-12,17-20,24H2,1-7H3,(H,43,48). The summed E-state index contributed by atoms with van der Waals surface area (Å²) in [4.78, 5) is 32.2. The molecule has 2 aromatic carbocycles. The molecule has 4 aromatic rings. The van der Waals surface area contributed by atoms with Gasteiger partial charge in [-0.05, 0) is 114 Å². The minimum atomic E-state index is -3.84. The molecule has 1 saturated heterocycles. The number of piperazine rings is 1. The molecule has 3 aliphatic rings. The van der Waals surface area contributed by atoms with Gasteiger partial charge in [0.15, 0.2) is 0 Å². The summed E-state index contributed by atoms with van der Waals surface area (Å²) < 4.78 is 37.8. The van der Waals surface area contributed by atoms with Crippen LogP contribution in [0.4, 0.5) is 0 Å². The van der Waals surface area contributed by atoms with E-state index >= 15 is 0 Å². The number of benzene rings is 2. The summed E-state index contributed by atoms with van der Waals surface area (Å²) in [5.41, 5.74) is 8.52. The number of nitrogens with one attached hydrogen (secondary N) is 1. The molecule has 1 aliphatic carbocycles. The van der Waals surface area contributed by atoms with Crippen LogP contribution < -0.4 is 9.46 Å². The van der Waals surface area contributed by atoms with Gasteiger partial charge in [-0.25, -0.2) is 13.1 Å². The van der Waals surface area contributed by atoms with Gasteiger partial charge in [-0.1, -0.05) is 25.3 Å². The van der Waals surface area contributed by atoms with Crippen LogP contribution in [0.2, 0.25) is 0 Å². The zero-order valence-electron chi connectivity index (χ0n) is 32.0. The number of aromatic nitrogens is 3. The van der Waals surface area contributed by atoms with Crippen molar-refractivity contribution in [3.05, 3.63) is 70.0 Å². The number of methoxy groups -OCH3 is 1. The number of ether oxygens (including phenoxy) is 1. The van der Waals surface area contributed by atoms with Gasteiger partial charge in [0.2, 0.25) is 10.0 Å². The quantitative estimate of drug-likeness (QED) is 0.210. The van der Waals surface area contributed by atoms with Crippen molar-refractivity contribution >= 4 is 44.4 Å². The largest absolute Gasteiger partial charge is 0.497 e. The molecule has 7 rings (SSSR count). The van der Waals surface area contributed by atoms with Gasteiger partial charge >= 0.3 is 0 Å². The second-order valence-electron chi connectivity index (χ2n) is 15.5. The van der Waals surface area contributed by atoms with Crippen molar-refractivity contribution in [2.24, 2.45) is 0 Å². The van der Waals surface area contributed by atoms with Crippen LogP contribution in [-0.2, 0) is 16.6 Å². The van der Waals surface area contributed by atoms with Crippen LogP contribution in [0.5, 0.6) is 5.75 Å². The number of nitrogens with zero attached hydrogens (tertiary/aromatic N) is 5. The van der Waals surface area contributed by atoms with Gasteiger partial charge in [-0.3, -0.25) is 14.3 Å². The molecule has 2 fully saturated rings. The molecule has 4 heterocycles. The second-order valence-corrected chi connectivity index (χ2v) is 17.7. The first kappa shape index (κ1) is 36.9. The number of likely N-dealkylation sites (N-methyl/N-ethyl adjacent to an activating group) is 1. The maximum atomic E-state index is 14.5. The molecule has 2 amide bonds. The molecular weight excluding hydrogens is 689 g/mol. The van der Waals surface area contributed by atoms with E-state index in [0.717, 1.165) is 83.5 Å². The van der Waals surface area contributed by atoms with Crippen LogP contribution in [0.3, 0.4) is 0 Å². The number of amides is 2. The molecule has 0 radical (unpaired) electrons. The molecule has 2 aromatic heterocycles. The van der Waals surface area contributed by atoms with Crippen LogP contribution in [0, 0.1) is 6.92 Å². The summed E-state index contributed by atoms with van der Waals surface area (Å²) in [7, 11) is -0.0872. The third kappa shape index (κ3) is 6.80. The molecule has 282 valence electrons. The highest BCUT2D eigenvalue weighted by Gasteiger charge is 2.34. The van der Waals surface area contributed by atoms with Gasteiger partial charge < -0.3 is 19.1 Å². The molecule has 1 N–H and O–H groups in total. The molecule has 0 atom stereocenters. The molecule has 12 heteroatoms. The number of sulfonamides is 1. The smallest absolute Gasteiger partial charge is 0.264 e. The van der Waals surface area contributed by atoms with Crippen molar-refractivity contribution in [1.29, 1.82) is 0 Å². The van der Waals surface area contributed by atoms with E-state index in [1.54, 1.807) is 27.0 Å². The summed E-state index contributed by atoms with van der Waals surface area (Å²) in [5.74, 6) is 0.381. The second kappa shape index (κ2) is 14.4. The molecule has 0 bridgehead atoms. The maximum absolute atomic E-state index is 14.5. The third-order valence-corrected chi connectivity index (χ3v) is 13.0. The Hall–Kier alpha value is -4.42. The molecular formula is C41H52N6O5S. The molecule has 0 spiro atoms. The Bertz CT molecular complexity index is 2220. The Morgan fingerprint density at radius 2 is 1.66 bits per heavy atom. The van der Waals surface area contributed by atoms with E-state index in [1.165, 1.54) is 12.0 Å². The van der Waals surface area contributed by atoms with Gasteiger partial charge in [0.25, 0.3) is 11.8 Å². The number of hydrogen-bond acceptors (Lipinski definition) is 7. The van der Waals surface area contributed by atoms with Crippen LogP contribution in [0.1, 0.15) is 115 Å². The lowest BCUT2D eigenvalue weighted by Gasteiger charge is -2.32. The van der Waals surface area contributed by atoms with E-state index in [4.69, 9.17) is 9.84 Å². The lowest BCUT2D eigenvalue weighted by Crippen LogP contribution is -2.47. The number of carbonyl (C=O) groups excluding carboxylic acids is 2. The Morgan fingerprint density at radius 3 is 2.32 bits per heavy atom. The summed E-state index contributed by atoms with van der Waals surface area (Å²) in [6.45, 7) is 12.5. The van der Waals surface area contributed by atoms with Gasteiger partial charge in [-0.2, -0.15) is 5.10 Å². The lowest BCUT2D eigenvalue weighted by molar-refractivity contribution is 0.0662. The summed E-state index contributed by atoms with van der Waals surface area (Å²) in [5, 5.41) is 5.30. The minimum absolute atomic E-state index is 0.0145.